The first-order valence-electron chi connectivity index (χ1n) is 11.3. The number of carbonyl (C=O) groups is 2. The van der Waals surface area contributed by atoms with Crippen LogP contribution in [0.15, 0.2) is 77.3 Å². The Morgan fingerprint density at radius 1 is 0.939 bits per heavy atom. The molecule has 0 aromatic heterocycles. The van der Waals surface area contributed by atoms with Gasteiger partial charge in [0, 0.05) is 24.0 Å². The Morgan fingerprint density at radius 3 is 2.36 bits per heavy atom. The molecular weight excluding hydrogens is 476 g/mol. The summed E-state index contributed by atoms with van der Waals surface area (Å²) in [5.41, 5.74) is 5.18. The van der Waals surface area contributed by atoms with Crippen LogP contribution in [0.5, 0.6) is 0 Å². The van der Waals surface area contributed by atoms with Gasteiger partial charge in [-0.05, 0) is 55.2 Å². The highest BCUT2D eigenvalue weighted by Gasteiger charge is 2.30. The maximum absolute atomic E-state index is 13.7. The Morgan fingerprint density at radius 2 is 1.67 bits per heavy atom. The second kappa shape index (κ2) is 11.8. The molecule has 2 amide bonds. The van der Waals surface area contributed by atoms with Crippen molar-refractivity contribution in [2.45, 2.75) is 46.2 Å². The molecule has 1 atom stereocenters. The molecule has 33 heavy (non-hydrogen) atoms. The highest BCUT2D eigenvalue weighted by molar-refractivity contribution is 9.10. The normalized spacial score (nSPS) is 11.6. The second-order valence-electron chi connectivity index (χ2n) is 8.36. The predicted molar refractivity (Wildman–Crippen MR) is 137 cm³/mol. The van der Waals surface area contributed by atoms with E-state index in [2.05, 4.69) is 33.4 Å². The summed E-state index contributed by atoms with van der Waals surface area (Å²) in [5.74, 6) is -0.193. The fourth-order valence-electron chi connectivity index (χ4n) is 3.93. The molecule has 3 aromatic carbocycles. The van der Waals surface area contributed by atoms with Gasteiger partial charge in [0.1, 0.15) is 6.04 Å². The average Bonchev–Trinajstić information content (AvgIpc) is 2.79. The van der Waals surface area contributed by atoms with E-state index in [9.17, 15) is 9.59 Å². The molecule has 5 heteroatoms. The van der Waals surface area contributed by atoms with Crippen LogP contribution >= 0.6 is 15.9 Å². The van der Waals surface area contributed by atoms with E-state index in [4.69, 9.17) is 0 Å². The second-order valence-corrected chi connectivity index (χ2v) is 9.27. The van der Waals surface area contributed by atoms with Crippen LogP contribution in [0.3, 0.4) is 0 Å². The SMILES string of the molecule is CCNC(=O)[C@@H](Cc1ccccc1)N(Cc1cccc(Br)c1)C(=O)Cc1cc(C)ccc1C. The summed E-state index contributed by atoms with van der Waals surface area (Å²) in [5, 5.41) is 2.94. The third-order valence-electron chi connectivity index (χ3n) is 5.71. The molecule has 3 rings (SSSR count). The molecular formula is C28H31BrN2O2. The van der Waals surface area contributed by atoms with Crippen LogP contribution in [0, 0.1) is 13.8 Å². The summed E-state index contributed by atoms with van der Waals surface area (Å²) in [6.45, 7) is 6.82. The van der Waals surface area contributed by atoms with Gasteiger partial charge in [-0.25, -0.2) is 0 Å². The third kappa shape index (κ3) is 7.03. The van der Waals surface area contributed by atoms with Crippen molar-refractivity contribution in [1.82, 2.24) is 10.2 Å². The molecule has 0 heterocycles. The minimum absolute atomic E-state index is 0.0594. The summed E-state index contributed by atoms with van der Waals surface area (Å²) in [6.07, 6.45) is 0.714. The number of rotatable bonds is 9. The van der Waals surface area contributed by atoms with Gasteiger partial charge in [0.05, 0.1) is 6.42 Å². The van der Waals surface area contributed by atoms with E-state index in [0.29, 0.717) is 19.5 Å². The largest absolute Gasteiger partial charge is 0.355 e. The van der Waals surface area contributed by atoms with Crippen LogP contribution in [0.4, 0.5) is 0 Å². The highest BCUT2D eigenvalue weighted by atomic mass is 79.9. The molecule has 1 N–H and O–H groups in total. The minimum Gasteiger partial charge on any atom is -0.355 e. The topological polar surface area (TPSA) is 49.4 Å². The van der Waals surface area contributed by atoms with Crippen LogP contribution in [0.2, 0.25) is 0 Å². The van der Waals surface area contributed by atoms with E-state index in [1.807, 2.05) is 81.4 Å². The number of benzene rings is 3. The van der Waals surface area contributed by atoms with E-state index < -0.39 is 6.04 Å². The quantitative estimate of drug-likeness (QED) is 0.423. The van der Waals surface area contributed by atoms with Crippen LogP contribution in [0.25, 0.3) is 0 Å². The number of hydrogen-bond acceptors (Lipinski definition) is 2. The summed E-state index contributed by atoms with van der Waals surface area (Å²) in [7, 11) is 0. The lowest BCUT2D eigenvalue weighted by Crippen LogP contribution is -2.51. The van der Waals surface area contributed by atoms with E-state index in [0.717, 1.165) is 32.3 Å². The number of amides is 2. The lowest BCUT2D eigenvalue weighted by Gasteiger charge is -2.32. The van der Waals surface area contributed by atoms with Gasteiger partial charge in [-0.15, -0.1) is 0 Å². The molecule has 172 valence electrons. The van der Waals surface area contributed by atoms with E-state index in [1.54, 1.807) is 4.90 Å². The molecule has 0 unspecified atom stereocenters. The van der Waals surface area contributed by atoms with Crippen LogP contribution in [-0.4, -0.2) is 29.3 Å². The number of likely N-dealkylation sites (N-methyl/N-ethyl adjacent to an activating group) is 1. The van der Waals surface area contributed by atoms with Crippen molar-refractivity contribution < 1.29 is 9.59 Å². The zero-order valence-electron chi connectivity index (χ0n) is 19.5. The Balaban J connectivity index is 1.98. The molecule has 0 saturated carbocycles. The molecule has 4 nitrogen and oxygen atoms in total. The molecule has 0 aliphatic heterocycles. The van der Waals surface area contributed by atoms with Gasteiger partial charge in [-0.1, -0.05) is 82.2 Å². The van der Waals surface area contributed by atoms with Gasteiger partial charge in [0.2, 0.25) is 11.8 Å². The molecule has 0 aliphatic carbocycles. The summed E-state index contributed by atoms with van der Waals surface area (Å²) >= 11 is 3.52. The van der Waals surface area contributed by atoms with Crippen molar-refractivity contribution in [2.24, 2.45) is 0 Å². The Labute approximate surface area is 205 Å². The Hall–Kier alpha value is -2.92. The van der Waals surface area contributed by atoms with Crippen molar-refractivity contribution in [3.63, 3.8) is 0 Å². The van der Waals surface area contributed by atoms with Gasteiger partial charge in [0.25, 0.3) is 0 Å². The summed E-state index contributed by atoms with van der Waals surface area (Å²) < 4.78 is 0.944. The van der Waals surface area contributed by atoms with Gasteiger partial charge >= 0.3 is 0 Å². The molecule has 0 aliphatic rings. The highest BCUT2D eigenvalue weighted by Crippen LogP contribution is 2.20. The van der Waals surface area contributed by atoms with Crippen molar-refractivity contribution >= 4 is 27.7 Å². The van der Waals surface area contributed by atoms with E-state index >= 15 is 0 Å². The molecule has 0 spiro atoms. The lowest BCUT2D eigenvalue weighted by molar-refractivity contribution is -0.140. The van der Waals surface area contributed by atoms with Gasteiger partial charge in [0.15, 0.2) is 0 Å². The van der Waals surface area contributed by atoms with Crippen molar-refractivity contribution in [3.8, 4) is 0 Å². The fourth-order valence-corrected chi connectivity index (χ4v) is 4.38. The standard InChI is InChI=1S/C28H31BrN2O2/c1-4-30-28(33)26(17-22-9-6-5-7-10-22)31(19-23-11-8-12-25(29)16-23)27(32)18-24-15-20(2)13-14-21(24)3/h5-16,26H,4,17-19H2,1-3H3,(H,30,33)/t26-/m1/s1. The molecule has 3 aromatic rings. The molecule has 0 radical (unpaired) electrons. The number of halogens is 1. The number of aryl methyl sites for hydroxylation is 2. The number of hydrogen-bond donors (Lipinski definition) is 1. The molecule has 0 saturated heterocycles. The van der Waals surface area contributed by atoms with Gasteiger partial charge in [-0.3, -0.25) is 9.59 Å². The summed E-state index contributed by atoms with van der Waals surface area (Å²) in [6, 6.07) is 23.3. The number of carbonyl (C=O) groups excluding carboxylic acids is 2. The first-order chi connectivity index (χ1) is 15.9. The molecule has 0 bridgehead atoms. The zero-order valence-corrected chi connectivity index (χ0v) is 21.1. The monoisotopic (exact) mass is 506 g/mol. The third-order valence-corrected chi connectivity index (χ3v) is 6.20. The van der Waals surface area contributed by atoms with E-state index in [1.165, 1.54) is 0 Å². The Bertz CT molecular complexity index is 1100. The van der Waals surface area contributed by atoms with Gasteiger partial charge < -0.3 is 10.2 Å². The minimum atomic E-state index is -0.607. The number of nitrogens with one attached hydrogen (secondary N) is 1. The van der Waals surface area contributed by atoms with E-state index in [-0.39, 0.29) is 18.2 Å². The first kappa shape index (κ1) is 24.7. The zero-order chi connectivity index (χ0) is 23.8. The average molecular weight is 507 g/mol. The molecule has 0 fully saturated rings. The number of nitrogens with zero attached hydrogens (tertiary/aromatic N) is 1. The van der Waals surface area contributed by atoms with Crippen molar-refractivity contribution in [1.29, 1.82) is 0 Å². The summed E-state index contributed by atoms with van der Waals surface area (Å²) in [4.78, 5) is 28.7. The lowest BCUT2D eigenvalue weighted by atomic mass is 9.99. The van der Waals surface area contributed by atoms with Crippen molar-refractivity contribution in [2.75, 3.05) is 6.54 Å². The maximum Gasteiger partial charge on any atom is 0.243 e. The van der Waals surface area contributed by atoms with Gasteiger partial charge in [-0.2, -0.15) is 0 Å². The maximum atomic E-state index is 13.7. The fraction of sp³-hybridized carbons (Fsp3) is 0.286. The first-order valence-corrected chi connectivity index (χ1v) is 12.1. The van der Waals surface area contributed by atoms with Crippen LogP contribution < -0.4 is 5.32 Å². The predicted octanol–water partition coefficient (Wildman–Crippen LogP) is 5.38. The Kier molecular flexibility index (Phi) is 8.84. The van der Waals surface area contributed by atoms with Crippen molar-refractivity contribution in [3.05, 3.63) is 105 Å². The van der Waals surface area contributed by atoms with Crippen LogP contribution in [0.1, 0.15) is 34.7 Å². The van der Waals surface area contributed by atoms with Crippen LogP contribution in [-0.2, 0) is 29.0 Å². The smallest absolute Gasteiger partial charge is 0.243 e.